The van der Waals surface area contributed by atoms with Gasteiger partial charge in [0.05, 0.1) is 0 Å². The van der Waals surface area contributed by atoms with Crippen LogP contribution in [-0.4, -0.2) is 11.8 Å². The molecule has 0 fully saturated rings. The summed E-state index contributed by atoms with van der Waals surface area (Å²) < 4.78 is 0. The lowest BCUT2D eigenvalue weighted by Gasteiger charge is -2.14. The number of carbonyl (C=O) groups is 2. The van der Waals surface area contributed by atoms with Crippen molar-refractivity contribution in [1.29, 1.82) is 0 Å². The standard InChI is InChI=1S/C38H28N2O2/c41-37(25-23-29-15-9-13-27-11-1-3-17-31(27)29)39-35-21-7-5-19-33(35)34-20-6-8-22-36(34)40-38(42)26-24-30-16-10-14-28-12-2-4-18-32(28)30/h1-26H,(H,39,41)(H,40,42)/b25-23+,26-24+. The number of nitrogens with one attached hydrogen (secondary N) is 2. The normalized spacial score (nSPS) is 11.3. The van der Waals surface area contributed by atoms with Crippen LogP contribution in [0.15, 0.2) is 146 Å². The van der Waals surface area contributed by atoms with E-state index in [9.17, 15) is 9.59 Å². The molecule has 0 aliphatic carbocycles. The third-order valence-corrected chi connectivity index (χ3v) is 7.14. The smallest absolute Gasteiger partial charge is 0.248 e. The second kappa shape index (κ2) is 12.2. The number of hydrogen-bond donors (Lipinski definition) is 2. The molecule has 0 saturated carbocycles. The first-order valence-corrected chi connectivity index (χ1v) is 13.8. The molecule has 0 saturated heterocycles. The maximum absolute atomic E-state index is 13.0. The van der Waals surface area contributed by atoms with Gasteiger partial charge in [-0.2, -0.15) is 0 Å². The topological polar surface area (TPSA) is 58.2 Å². The van der Waals surface area contributed by atoms with Crippen molar-refractivity contribution < 1.29 is 9.59 Å². The van der Waals surface area contributed by atoms with E-state index in [1.54, 1.807) is 12.2 Å². The highest BCUT2D eigenvalue weighted by Gasteiger charge is 2.12. The van der Waals surface area contributed by atoms with Crippen molar-refractivity contribution in [1.82, 2.24) is 0 Å². The van der Waals surface area contributed by atoms with Gasteiger partial charge >= 0.3 is 0 Å². The summed E-state index contributed by atoms with van der Waals surface area (Å²) in [5.74, 6) is -0.482. The number of hydrogen-bond acceptors (Lipinski definition) is 2. The third kappa shape index (κ3) is 5.88. The molecule has 0 aliphatic rings. The van der Waals surface area contributed by atoms with E-state index in [4.69, 9.17) is 0 Å². The van der Waals surface area contributed by atoms with Crippen molar-refractivity contribution in [3.05, 3.63) is 157 Å². The molecule has 4 heteroatoms. The van der Waals surface area contributed by atoms with E-state index in [0.717, 1.165) is 43.8 Å². The van der Waals surface area contributed by atoms with E-state index < -0.39 is 0 Å². The minimum Gasteiger partial charge on any atom is -0.322 e. The summed E-state index contributed by atoms with van der Waals surface area (Å²) in [6.07, 6.45) is 6.75. The van der Waals surface area contributed by atoms with Crippen LogP contribution in [0.5, 0.6) is 0 Å². The highest BCUT2D eigenvalue weighted by atomic mass is 16.2. The molecule has 0 unspecified atom stereocenters. The van der Waals surface area contributed by atoms with Crippen LogP contribution in [-0.2, 0) is 9.59 Å². The van der Waals surface area contributed by atoms with Crippen molar-refractivity contribution >= 4 is 56.9 Å². The Morgan fingerprint density at radius 1 is 0.429 bits per heavy atom. The average Bonchev–Trinajstić information content (AvgIpc) is 3.03. The quantitative estimate of drug-likeness (QED) is 0.197. The van der Waals surface area contributed by atoms with Crippen LogP contribution in [0.3, 0.4) is 0 Å². The SMILES string of the molecule is O=C(/C=C/c1cccc2ccccc12)Nc1ccccc1-c1ccccc1NC(=O)/C=C/c1cccc2ccccc12. The third-order valence-electron chi connectivity index (χ3n) is 7.14. The average molecular weight is 545 g/mol. The number of para-hydroxylation sites is 2. The van der Waals surface area contributed by atoms with E-state index in [0.29, 0.717) is 11.4 Å². The zero-order valence-electron chi connectivity index (χ0n) is 22.8. The monoisotopic (exact) mass is 544 g/mol. The van der Waals surface area contributed by atoms with Gasteiger partial charge in [-0.15, -0.1) is 0 Å². The fraction of sp³-hybridized carbons (Fsp3) is 0. The van der Waals surface area contributed by atoms with Crippen LogP contribution in [0.1, 0.15) is 11.1 Å². The van der Waals surface area contributed by atoms with Gasteiger partial charge in [-0.05, 0) is 57.0 Å². The molecule has 0 heterocycles. The molecule has 2 N–H and O–H groups in total. The maximum Gasteiger partial charge on any atom is 0.248 e. The summed E-state index contributed by atoms with van der Waals surface area (Å²) in [7, 11) is 0. The molecule has 0 spiro atoms. The Hall–Kier alpha value is -5.74. The summed E-state index contributed by atoms with van der Waals surface area (Å²) in [6.45, 7) is 0. The van der Waals surface area contributed by atoms with Crippen LogP contribution in [0.2, 0.25) is 0 Å². The molecule has 4 nitrogen and oxygen atoms in total. The molecular weight excluding hydrogens is 516 g/mol. The molecule has 0 aliphatic heterocycles. The maximum atomic E-state index is 13.0. The van der Waals surface area contributed by atoms with Crippen LogP contribution in [0.25, 0.3) is 44.8 Å². The van der Waals surface area contributed by atoms with Gasteiger partial charge in [-0.1, -0.05) is 121 Å². The van der Waals surface area contributed by atoms with Crippen LogP contribution in [0.4, 0.5) is 11.4 Å². The molecule has 0 atom stereocenters. The van der Waals surface area contributed by atoms with Gasteiger partial charge in [-0.25, -0.2) is 0 Å². The minimum absolute atomic E-state index is 0.241. The second-order valence-corrected chi connectivity index (χ2v) is 9.87. The van der Waals surface area contributed by atoms with Gasteiger partial charge in [0.2, 0.25) is 11.8 Å². The zero-order valence-corrected chi connectivity index (χ0v) is 22.8. The van der Waals surface area contributed by atoms with Crippen molar-refractivity contribution in [3.8, 4) is 11.1 Å². The number of anilines is 2. The molecule has 6 aromatic rings. The number of amides is 2. The van der Waals surface area contributed by atoms with Crippen molar-refractivity contribution in [3.63, 3.8) is 0 Å². The summed E-state index contributed by atoms with van der Waals surface area (Å²) in [5, 5.41) is 10.5. The van der Waals surface area contributed by atoms with Crippen LogP contribution < -0.4 is 10.6 Å². The molecule has 2 amide bonds. The lowest BCUT2D eigenvalue weighted by Crippen LogP contribution is -2.11. The number of benzene rings is 6. The predicted octanol–water partition coefficient (Wildman–Crippen LogP) is 8.96. The highest BCUT2D eigenvalue weighted by molar-refractivity contribution is 6.08. The first-order chi connectivity index (χ1) is 20.7. The molecule has 0 radical (unpaired) electrons. The van der Waals surface area contributed by atoms with Gasteiger partial charge in [0, 0.05) is 34.7 Å². The zero-order chi connectivity index (χ0) is 28.7. The first kappa shape index (κ1) is 26.5. The predicted molar refractivity (Wildman–Crippen MR) is 175 cm³/mol. The van der Waals surface area contributed by atoms with Gasteiger partial charge in [0.25, 0.3) is 0 Å². The number of carbonyl (C=O) groups excluding carboxylic acids is 2. The molecule has 6 aromatic carbocycles. The van der Waals surface area contributed by atoms with Crippen LogP contribution >= 0.6 is 0 Å². The Morgan fingerprint density at radius 2 is 0.810 bits per heavy atom. The highest BCUT2D eigenvalue weighted by Crippen LogP contribution is 2.34. The molecule has 202 valence electrons. The Balaban J connectivity index is 1.21. The number of rotatable bonds is 7. The summed E-state index contributed by atoms with van der Waals surface area (Å²) in [6, 6.07) is 43.4. The summed E-state index contributed by atoms with van der Waals surface area (Å²) in [5.41, 5.74) is 4.86. The summed E-state index contributed by atoms with van der Waals surface area (Å²) >= 11 is 0. The summed E-state index contributed by atoms with van der Waals surface area (Å²) in [4.78, 5) is 26.0. The van der Waals surface area contributed by atoms with E-state index in [1.807, 2.05) is 121 Å². The molecule has 0 bridgehead atoms. The second-order valence-electron chi connectivity index (χ2n) is 9.87. The van der Waals surface area contributed by atoms with Crippen molar-refractivity contribution in [2.24, 2.45) is 0 Å². The lowest BCUT2D eigenvalue weighted by molar-refractivity contribution is -0.112. The van der Waals surface area contributed by atoms with E-state index in [1.165, 1.54) is 0 Å². The van der Waals surface area contributed by atoms with Gasteiger partial charge in [0.1, 0.15) is 0 Å². The fourth-order valence-corrected chi connectivity index (χ4v) is 5.13. The van der Waals surface area contributed by atoms with Crippen molar-refractivity contribution in [2.75, 3.05) is 10.6 Å². The molecule has 6 rings (SSSR count). The van der Waals surface area contributed by atoms with Gasteiger partial charge in [0.15, 0.2) is 0 Å². The van der Waals surface area contributed by atoms with Gasteiger partial charge in [-0.3, -0.25) is 9.59 Å². The van der Waals surface area contributed by atoms with E-state index in [-0.39, 0.29) is 11.8 Å². The number of fused-ring (bicyclic) bond motifs is 2. The largest absolute Gasteiger partial charge is 0.322 e. The van der Waals surface area contributed by atoms with Gasteiger partial charge < -0.3 is 10.6 Å². The molecule has 0 aromatic heterocycles. The Labute approximate surface area is 244 Å². The Morgan fingerprint density at radius 3 is 1.29 bits per heavy atom. The first-order valence-electron chi connectivity index (χ1n) is 13.8. The Bertz CT molecular complexity index is 1830. The van der Waals surface area contributed by atoms with Crippen LogP contribution in [0, 0.1) is 0 Å². The lowest BCUT2D eigenvalue weighted by atomic mass is 10.0. The molecule has 42 heavy (non-hydrogen) atoms. The van der Waals surface area contributed by atoms with E-state index >= 15 is 0 Å². The van der Waals surface area contributed by atoms with E-state index in [2.05, 4.69) is 34.9 Å². The minimum atomic E-state index is -0.241. The molecular formula is C38H28N2O2. The Kier molecular flexibility index (Phi) is 7.69. The van der Waals surface area contributed by atoms with Crippen molar-refractivity contribution in [2.45, 2.75) is 0 Å². The fourth-order valence-electron chi connectivity index (χ4n) is 5.13.